The summed E-state index contributed by atoms with van der Waals surface area (Å²) in [6.45, 7) is 2.79. The first-order valence-corrected chi connectivity index (χ1v) is 12.8. The lowest BCUT2D eigenvalue weighted by molar-refractivity contribution is 0.0820. The third kappa shape index (κ3) is 5.48. The Kier molecular flexibility index (Phi) is 7.45. The highest BCUT2D eigenvalue weighted by atomic mass is 35.5. The number of nitrogens with one attached hydrogen (secondary N) is 1. The van der Waals surface area contributed by atoms with Crippen LogP contribution in [-0.4, -0.2) is 36.8 Å². The van der Waals surface area contributed by atoms with Crippen LogP contribution in [0.25, 0.3) is 33.6 Å². The number of rotatable bonds is 9. The molecule has 0 aliphatic carbocycles. The van der Waals surface area contributed by atoms with E-state index >= 15 is 0 Å². The summed E-state index contributed by atoms with van der Waals surface area (Å²) >= 11 is 6.05. The van der Waals surface area contributed by atoms with Crippen molar-refractivity contribution >= 4 is 28.4 Å². The number of para-hydroxylation sites is 1. The van der Waals surface area contributed by atoms with Crippen molar-refractivity contribution in [2.75, 3.05) is 26.0 Å². The Morgan fingerprint density at radius 1 is 0.946 bits per heavy atom. The second kappa shape index (κ2) is 11.1. The first-order chi connectivity index (χ1) is 18.0. The van der Waals surface area contributed by atoms with Crippen molar-refractivity contribution < 1.29 is 9.15 Å². The number of ether oxygens (including phenoxy) is 1. The number of fused-ring (bicyclic) bond motifs is 1. The Labute approximate surface area is 222 Å². The summed E-state index contributed by atoms with van der Waals surface area (Å²) in [6.07, 6.45) is 2.55. The van der Waals surface area contributed by atoms with Crippen LogP contribution in [0.3, 0.4) is 0 Å². The Morgan fingerprint density at radius 3 is 2.43 bits per heavy atom. The van der Waals surface area contributed by atoms with Gasteiger partial charge in [0.05, 0.1) is 10.9 Å². The number of benzene rings is 3. The molecule has 5 rings (SSSR count). The van der Waals surface area contributed by atoms with Gasteiger partial charge in [0, 0.05) is 29.0 Å². The molecule has 5 aromatic rings. The number of hydrogen-bond acceptors (Lipinski definition) is 5. The normalized spacial score (nSPS) is 12.1. The second-order valence-corrected chi connectivity index (χ2v) is 9.63. The van der Waals surface area contributed by atoms with Gasteiger partial charge < -0.3 is 14.5 Å². The number of nitrogens with zero attached hydrogens (tertiary/aromatic N) is 2. The van der Waals surface area contributed by atoms with Crippen molar-refractivity contribution in [2.24, 2.45) is 0 Å². The molecule has 0 bridgehead atoms. The molecule has 0 radical (unpaired) electrons. The van der Waals surface area contributed by atoms with E-state index in [1.807, 2.05) is 86.6 Å². The minimum atomic E-state index is -0.103. The fourth-order valence-electron chi connectivity index (χ4n) is 4.28. The first-order valence-electron chi connectivity index (χ1n) is 12.4. The Bertz CT molecular complexity index is 1480. The zero-order valence-corrected chi connectivity index (χ0v) is 22.0. The third-order valence-corrected chi connectivity index (χ3v) is 6.71. The maximum Gasteiger partial charge on any atom is 0.229 e. The summed E-state index contributed by atoms with van der Waals surface area (Å²) < 4.78 is 12.8. The Hall–Kier alpha value is -3.80. The third-order valence-electron chi connectivity index (χ3n) is 6.45. The van der Waals surface area contributed by atoms with Crippen molar-refractivity contribution in [3.63, 3.8) is 0 Å². The van der Waals surface area contributed by atoms with Crippen LogP contribution in [0.1, 0.15) is 12.5 Å². The fourth-order valence-corrected chi connectivity index (χ4v) is 4.40. The minimum Gasteiger partial charge on any atom is -0.475 e. The van der Waals surface area contributed by atoms with Gasteiger partial charge in [-0.15, -0.1) is 0 Å². The van der Waals surface area contributed by atoms with E-state index in [1.165, 1.54) is 5.56 Å². The summed E-state index contributed by atoms with van der Waals surface area (Å²) in [5, 5.41) is 5.32. The van der Waals surface area contributed by atoms with E-state index in [-0.39, 0.29) is 6.23 Å². The number of furan rings is 1. The highest BCUT2D eigenvalue weighted by Gasteiger charge is 2.24. The van der Waals surface area contributed by atoms with Gasteiger partial charge in [-0.05, 0) is 68.9 Å². The van der Waals surface area contributed by atoms with Crippen LogP contribution in [-0.2, 0) is 6.42 Å². The molecule has 0 aliphatic rings. The van der Waals surface area contributed by atoms with Crippen molar-refractivity contribution in [3.05, 3.63) is 102 Å². The number of pyridine rings is 1. The molecule has 1 unspecified atom stereocenters. The molecule has 6 heteroatoms. The van der Waals surface area contributed by atoms with E-state index in [4.69, 9.17) is 20.8 Å². The summed E-state index contributed by atoms with van der Waals surface area (Å²) in [5.41, 5.74) is 5.72. The van der Waals surface area contributed by atoms with Crippen LogP contribution in [0, 0.1) is 0 Å². The van der Waals surface area contributed by atoms with E-state index in [0.717, 1.165) is 57.3 Å². The number of aromatic nitrogens is 1. The van der Waals surface area contributed by atoms with Crippen molar-refractivity contribution in [1.82, 2.24) is 9.88 Å². The molecule has 3 aromatic carbocycles. The van der Waals surface area contributed by atoms with Gasteiger partial charge in [-0.2, -0.15) is 0 Å². The van der Waals surface area contributed by atoms with Crippen LogP contribution in [0.2, 0.25) is 5.02 Å². The van der Waals surface area contributed by atoms with E-state index in [2.05, 4.69) is 34.6 Å². The molecular formula is C31H30ClN3O2. The van der Waals surface area contributed by atoms with Crippen molar-refractivity contribution in [2.45, 2.75) is 19.6 Å². The van der Waals surface area contributed by atoms with Gasteiger partial charge in [-0.3, -0.25) is 4.90 Å². The van der Waals surface area contributed by atoms with Gasteiger partial charge in [0.25, 0.3) is 0 Å². The molecular weight excluding hydrogens is 482 g/mol. The van der Waals surface area contributed by atoms with Crippen LogP contribution in [0.4, 0.5) is 5.69 Å². The summed E-state index contributed by atoms with van der Waals surface area (Å²) in [6, 6.07) is 28.3. The van der Waals surface area contributed by atoms with Crippen molar-refractivity contribution in [1.29, 1.82) is 0 Å². The molecule has 0 aliphatic heterocycles. The zero-order chi connectivity index (χ0) is 25.8. The molecule has 0 spiro atoms. The molecule has 1 N–H and O–H groups in total. The van der Waals surface area contributed by atoms with Gasteiger partial charge in [0.15, 0.2) is 0 Å². The highest BCUT2D eigenvalue weighted by molar-refractivity contribution is 6.30. The smallest absolute Gasteiger partial charge is 0.229 e. The first kappa shape index (κ1) is 24.9. The maximum atomic E-state index is 6.48. The average Bonchev–Trinajstić information content (AvgIpc) is 3.31. The topological polar surface area (TPSA) is 50.5 Å². The quantitative estimate of drug-likeness (QED) is 0.205. The predicted octanol–water partition coefficient (Wildman–Crippen LogP) is 7.76. The second-order valence-electron chi connectivity index (χ2n) is 9.19. The lowest BCUT2D eigenvalue weighted by Gasteiger charge is -2.22. The van der Waals surface area contributed by atoms with E-state index < -0.39 is 0 Å². The highest BCUT2D eigenvalue weighted by Crippen LogP contribution is 2.45. The van der Waals surface area contributed by atoms with E-state index in [1.54, 1.807) is 6.20 Å². The molecule has 0 saturated carbocycles. The lowest BCUT2D eigenvalue weighted by Crippen LogP contribution is -2.30. The monoisotopic (exact) mass is 511 g/mol. The number of halogens is 1. The van der Waals surface area contributed by atoms with Gasteiger partial charge >= 0.3 is 0 Å². The molecule has 2 aromatic heterocycles. The molecule has 0 amide bonds. The van der Waals surface area contributed by atoms with Gasteiger partial charge in [-0.1, -0.05) is 66.2 Å². The molecule has 1 atom stereocenters. The predicted molar refractivity (Wildman–Crippen MR) is 152 cm³/mol. The van der Waals surface area contributed by atoms with E-state index in [9.17, 15) is 0 Å². The standard InChI is InChI=1S/C31H30ClN3O2/c1-21(35(2)3)36-27-12-8-7-11-25(27)30-28(23-9-5-4-6-10-23)29-26(18-20-34-31(29)37-30)33-19-17-22-13-15-24(32)16-14-22/h4-16,18,20-21H,17,19H2,1-3H3,(H,33,34). The number of hydrogen-bond donors (Lipinski definition) is 1. The van der Waals surface area contributed by atoms with Crippen molar-refractivity contribution in [3.8, 4) is 28.2 Å². The van der Waals surface area contributed by atoms with Crippen LogP contribution < -0.4 is 10.1 Å². The fraction of sp³-hybridized carbons (Fsp3) is 0.194. The maximum absolute atomic E-state index is 6.48. The minimum absolute atomic E-state index is 0.103. The van der Waals surface area contributed by atoms with Gasteiger partial charge in [-0.25, -0.2) is 4.98 Å². The van der Waals surface area contributed by atoms with Crippen LogP contribution in [0.5, 0.6) is 5.75 Å². The number of anilines is 1. The molecule has 37 heavy (non-hydrogen) atoms. The summed E-state index contributed by atoms with van der Waals surface area (Å²) in [7, 11) is 3.99. The zero-order valence-electron chi connectivity index (χ0n) is 21.2. The largest absolute Gasteiger partial charge is 0.475 e. The SMILES string of the molecule is CC(Oc1ccccc1-c1oc2nccc(NCCc3ccc(Cl)cc3)c2c1-c1ccccc1)N(C)C. The van der Waals surface area contributed by atoms with Crippen LogP contribution in [0.15, 0.2) is 95.5 Å². The molecule has 0 fully saturated rings. The average molecular weight is 512 g/mol. The van der Waals surface area contributed by atoms with Gasteiger partial charge in [0.2, 0.25) is 5.71 Å². The molecule has 0 saturated heterocycles. The Morgan fingerprint density at radius 2 is 1.68 bits per heavy atom. The Balaban J connectivity index is 1.59. The molecule has 5 nitrogen and oxygen atoms in total. The van der Waals surface area contributed by atoms with Crippen LogP contribution >= 0.6 is 11.6 Å². The molecule has 188 valence electrons. The van der Waals surface area contributed by atoms with E-state index in [0.29, 0.717) is 5.71 Å². The lowest BCUT2D eigenvalue weighted by atomic mass is 9.98. The summed E-state index contributed by atoms with van der Waals surface area (Å²) in [4.78, 5) is 6.62. The van der Waals surface area contributed by atoms with Gasteiger partial charge in [0.1, 0.15) is 17.7 Å². The molecule has 2 heterocycles. The summed E-state index contributed by atoms with van der Waals surface area (Å²) in [5.74, 6) is 1.50.